The molecule has 0 saturated carbocycles. The molecule has 2 N–H and O–H groups in total. The molecule has 1 amide bonds. The van der Waals surface area contributed by atoms with Gasteiger partial charge in [0, 0.05) is 12.1 Å². The molecule has 0 aliphatic carbocycles. The van der Waals surface area contributed by atoms with Gasteiger partial charge in [-0.25, -0.2) is 4.39 Å². The monoisotopic (exact) mass is 372 g/mol. The van der Waals surface area contributed by atoms with Gasteiger partial charge in [0.2, 0.25) is 5.89 Å². The minimum atomic E-state index is -0.536. The second-order valence-corrected chi connectivity index (χ2v) is 6.20. The highest BCUT2D eigenvalue weighted by Gasteiger charge is 2.17. The highest BCUT2D eigenvalue weighted by atomic mass is 19.1. The number of hydrogen-bond donors (Lipinski definition) is 2. The maximum absolute atomic E-state index is 14.1. The Morgan fingerprint density at radius 1 is 1.33 bits per heavy atom. The Kier molecular flexibility index (Phi) is 5.54. The van der Waals surface area contributed by atoms with Crippen LogP contribution in [0.15, 0.2) is 39.5 Å². The number of amides is 1. The molecule has 0 unspecified atom stereocenters. The van der Waals surface area contributed by atoms with Gasteiger partial charge in [0.15, 0.2) is 5.82 Å². The molecule has 3 aromatic rings. The average molecular weight is 372 g/mol. The number of benzene rings is 1. The molecular weight excluding hydrogens is 351 g/mol. The lowest BCUT2D eigenvalue weighted by Gasteiger charge is -2.13. The summed E-state index contributed by atoms with van der Waals surface area (Å²) in [6.07, 6.45) is 3.09. The molecule has 142 valence electrons. The predicted octanol–water partition coefficient (Wildman–Crippen LogP) is 4.49. The molecule has 0 spiro atoms. The average Bonchev–Trinajstić information content (AvgIpc) is 3.27. The lowest BCUT2D eigenvalue weighted by Crippen LogP contribution is -2.14. The number of rotatable bonds is 7. The van der Waals surface area contributed by atoms with Gasteiger partial charge in [-0.3, -0.25) is 4.79 Å². The van der Waals surface area contributed by atoms with E-state index in [1.54, 1.807) is 13.0 Å². The van der Waals surface area contributed by atoms with Gasteiger partial charge in [-0.2, -0.15) is 4.98 Å². The first-order chi connectivity index (χ1) is 13.0. The van der Waals surface area contributed by atoms with Crippen molar-refractivity contribution in [3.8, 4) is 0 Å². The van der Waals surface area contributed by atoms with Crippen molar-refractivity contribution >= 4 is 17.3 Å². The van der Waals surface area contributed by atoms with E-state index in [1.807, 2.05) is 13.8 Å². The summed E-state index contributed by atoms with van der Waals surface area (Å²) in [5.41, 5.74) is 1.03. The summed E-state index contributed by atoms with van der Waals surface area (Å²) in [6.45, 7) is 5.57. The van der Waals surface area contributed by atoms with Gasteiger partial charge in [0.25, 0.3) is 5.91 Å². The van der Waals surface area contributed by atoms with Crippen LogP contribution in [0.5, 0.6) is 0 Å². The van der Waals surface area contributed by atoms with Crippen LogP contribution in [0, 0.1) is 12.7 Å². The molecule has 1 atom stereocenters. The van der Waals surface area contributed by atoms with E-state index in [9.17, 15) is 9.18 Å². The number of anilines is 2. The fourth-order valence-electron chi connectivity index (χ4n) is 2.60. The molecule has 8 heteroatoms. The van der Waals surface area contributed by atoms with Crippen LogP contribution in [0.2, 0.25) is 0 Å². The van der Waals surface area contributed by atoms with E-state index < -0.39 is 11.7 Å². The molecule has 1 aromatic carbocycles. The molecule has 27 heavy (non-hydrogen) atoms. The minimum absolute atomic E-state index is 0.0648. The summed E-state index contributed by atoms with van der Waals surface area (Å²) < 4.78 is 24.5. The molecule has 2 aromatic heterocycles. The van der Waals surface area contributed by atoms with Crippen LogP contribution in [0.4, 0.5) is 15.8 Å². The normalized spacial score (nSPS) is 12.0. The van der Waals surface area contributed by atoms with Crippen molar-refractivity contribution < 1.29 is 18.1 Å². The fourth-order valence-corrected chi connectivity index (χ4v) is 2.60. The van der Waals surface area contributed by atoms with Gasteiger partial charge in [-0.15, -0.1) is 0 Å². The van der Waals surface area contributed by atoms with Gasteiger partial charge >= 0.3 is 0 Å². The van der Waals surface area contributed by atoms with Crippen molar-refractivity contribution in [3.63, 3.8) is 0 Å². The number of nitrogens with zero attached hydrogens (tertiary/aromatic N) is 2. The molecule has 0 bridgehead atoms. The van der Waals surface area contributed by atoms with Gasteiger partial charge in [-0.1, -0.05) is 12.1 Å². The molecular formula is C19H21FN4O3. The maximum atomic E-state index is 14.1. The number of carbonyl (C=O) groups excluding carboxylic acids is 1. The van der Waals surface area contributed by atoms with Crippen molar-refractivity contribution in [2.24, 2.45) is 0 Å². The standard InChI is InChI=1S/C19H21FN4O3/c1-4-5-17-23-19(27-24-17)11(2)21-13-6-7-15(20)16(10-13)22-18(25)14-8-9-26-12(14)3/h6-11,21H,4-5H2,1-3H3,(H,22,25)/t11-/m0/s1. The number of carbonyl (C=O) groups is 1. The van der Waals surface area contributed by atoms with E-state index in [4.69, 9.17) is 8.94 Å². The minimum Gasteiger partial charge on any atom is -0.469 e. The van der Waals surface area contributed by atoms with Crippen molar-refractivity contribution in [1.82, 2.24) is 10.1 Å². The van der Waals surface area contributed by atoms with Crippen LogP contribution < -0.4 is 10.6 Å². The number of aryl methyl sites for hydroxylation is 2. The van der Waals surface area contributed by atoms with Crippen LogP contribution in [0.3, 0.4) is 0 Å². The number of nitrogens with one attached hydrogen (secondary N) is 2. The SMILES string of the molecule is CCCc1noc([C@H](C)Nc2ccc(F)c(NC(=O)c3ccoc3C)c2)n1. The number of furan rings is 1. The smallest absolute Gasteiger partial charge is 0.259 e. The van der Waals surface area contributed by atoms with E-state index in [0.29, 0.717) is 28.7 Å². The van der Waals surface area contributed by atoms with Crippen molar-refractivity contribution in [3.05, 3.63) is 59.4 Å². The zero-order chi connectivity index (χ0) is 19.4. The highest BCUT2D eigenvalue weighted by molar-refractivity contribution is 6.05. The van der Waals surface area contributed by atoms with Crippen molar-refractivity contribution in [2.75, 3.05) is 10.6 Å². The summed E-state index contributed by atoms with van der Waals surface area (Å²) in [6, 6.07) is 5.64. The van der Waals surface area contributed by atoms with E-state index >= 15 is 0 Å². The lowest BCUT2D eigenvalue weighted by molar-refractivity contribution is 0.102. The Morgan fingerprint density at radius 2 is 2.15 bits per heavy atom. The topological polar surface area (TPSA) is 93.2 Å². The van der Waals surface area contributed by atoms with Crippen LogP contribution >= 0.6 is 0 Å². The summed E-state index contributed by atoms with van der Waals surface area (Å²) in [5.74, 6) is 0.596. The number of hydrogen-bond acceptors (Lipinski definition) is 6. The Morgan fingerprint density at radius 3 is 2.85 bits per heavy atom. The van der Waals surface area contributed by atoms with Gasteiger partial charge in [0.1, 0.15) is 17.6 Å². The maximum Gasteiger partial charge on any atom is 0.259 e. The van der Waals surface area contributed by atoms with Crippen molar-refractivity contribution in [2.45, 2.75) is 39.7 Å². The first kappa shape index (κ1) is 18.6. The van der Waals surface area contributed by atoms with Gasteiger partial charge < -0.3 is 19.6 Å². The Hall–Kier alpha value is -3.16. The third-order valence-electron chi connectivity index (χ3n) is 4.03. The van der Waals surface area contributed by atoms with Crippen LogP contribution in [0.1, 0.15) is 54.1 Å². The van der Waals surface area contributed by atoms with Crippen LogP contribution in [-0.4, -0.2) is 16.0 Å². The molecule has 0 aliphatic heterocycles. The van der Waals surface area contributed by atoms with Crippen LogP contribution in [-0.2, 0) is 6.42 Å². The molecule has 0 fully saturated rings. The first-order valence-corrected chi connectivity index (χ1v) is 8.72. The summed E-state index contributed by atoms with van der Waals surface area (Å²) in [7, 11) is 0. The summed E-state index contributed by atoms with van der Waals surface area (Å²) in [5, 5.41) is 9.65. The Bertz CT molecular complexity index is 935. The van der Waals surface area contributed by atoms with E-state index in [-0.39, 0.29) is 11.7 Å². The molecule has 0 radical (unpaired) electrons. The largest absolute Gasteiger partial charge is 0.469 e. The first-order valence-electron chi connectivity index (χ1n) is 8.72. The molecule has 0 saturated heterocycles. The summed E-state index contributed by atoms with van der Waals surface area (Å²) in [4.78, 5) is 16.6. The number of aromatic nitrogens is 2. The Balaban J connectivity index is 1.72. The quantitative estimate of drug-likeness (QED) is 0.635. The Labute approximate surface area is 156 Å². The zero-order valence-electron chi connectivity index (χ0n) is 15.4. The second kappa shape index (κ2) is 8.03. The van der Waals surface area contributed by atoms with Crippen LogP contribution in [0.25, 0.3) is 0 Å². The molecule has 0 aliphatic rings. The highest BCUT2D eigenvalue weighted by Crippen LogP contribution is 2.24. The number of halogens is 1. The third-order valence-corrected chi connectivity index (χ3v) is 4.03. The lowest BCUT2D eigenvalue weighted by atomic mass is 10.2. The van der Waals surface area contributed by atoms with Gasteiger partial charge in [-0.05, 0) is 44.5 Å². The van der Waals surface area contributed by atoms with Crippen molar-refractivity contribution in [1.29, 1.82) is 0 Å². The predicted molar refractivity (Wildman–Crippen MR) is 98.1 cm³/mol. The molecule has 2 heterocycles. The molecule has 3 rings (SSSR count). The second-order valence-electron chi connectivity index (χ2n) is 6.20. The van der Waals surface area contributed by atoms with E-state index in [0.717, 1.165) is 12.8 Å². The third kappa shape index (κ3) is 4.33. The van der Waals surface area contributed by atoms with E-state index in [2.05, 4.69) is 20.8 Å². The van der Waals surface area contributed by atoms with E-state index in [1.165, 1.54) is 24.5 Å². The summed E-state index contributed by atoms with van der Waals surface area (Å²) >= 11 is 0. The zero-order valence-corrected chi connectivity index (χ0v) is 15.4. The van der Waals surface area contributed by atoms with Gasteiger partial charge in [0.05, 0.1) is 17.5 Å². The molecule has 7 nitrogen and oxygen atoms in total. The fraction of sp³-hybridized carbons (Fsp3) is 0.316.